The lowest BCUT2D eigenvalue weighted by Gasteiger charge is -2.34. The van der Waals surface area contributed by atoms with Gasteiger partial charge in [0.2, 0.25) is 0 Å². The Balaban J connectivity index is 1.27. The fraction of sp³-hybridized carbons (Fsp3) is 0.208. The van der Waals surface area contributed by atoms with Crippen LogP contribution in [-0.4, -0.2) is 48.1 Å². The summed E-state index contributed by atoms with van der Waals surface area (Å²) in [5, 5.41) is 2.65. The van der Waals surface area contributed by atoms with Gasteiger partial charge in [-0.25, -0.2) is 14.2 Å². The minimum Gasteiger partial charge on any atom is -0.445 e. The van der Waals surface area contributed by atoms with Gasteiger partial charge >= 0.3 is 6.09 Å². The van der Waals surface area contributed by atoms with Gasteiger partial charge in [0, 0.05) is 26.2 Å². The maximum Gasteiger partial charge on any atom is 0.410 e. The van der Waals surface area contributed by atoms with Crippen LogP contribution in [0.3, 0.4) is 0 Å². The van der Waals surface area contributed by atoms with Crippen molar-refractivity contribution in [3.8, 4) is 0 Å². The molecular formula is C24H23FN4O3. The monoisotopic (exact) mass is 434 g/mol. The third kappa shape index (κ3) is 5.21. The Morgan fingerprint density at radius 1 is 0.938 bits per heavy atom. The van der Waals surface area contributed by atoms with Crippen LogP contribution >= 0.6 is 0 Å². The second-order valence-corrected chi connectivity index (χ2v) is 7.35. The van der Waals surface area contributed by atoms with Crippen LogP contribution in [0.1, 0.15) is 15.9 Å². The molecule has 2 aromatic carbocycles. The van der Waals surface area contributed by atoms with Crippen LogP contribution in [0.15, 0.2) is 72.9 Å². The molecule has 1 aliphatic heterocycles. The van der Waals surface area contributed by atoms with E-state index in [1.54, 1.807) is 23.1 Å². The predicted octanol–water partition coefficient (Wildman–Crippen LogP) is 3.93. The first-order chi connectivity index (χ1) is 15.6. The van der Waals surface area contributed by atoms with Crippen molar-refractivity contribution in [3.63, 3.8) is 0 Å². The van der Waals surface area contributed by atoms with Crippen LogP contribution in [0.25, 0.3) is 0 Å². The van der Waals surface area contributed by atoms with Crippen LogP contribution in [0.2, 0.25) is 0 Å². The highest BCUT2D eigenvalue weighted by Crippen LogP contribution is 2.18. The van der Waals surface area contributed by atoms with Crippen LogP contribution in [0.4, 0.5) is 20.7 Å². The molecule has 0 spiro atoms. The largest absolute Gasteiger partial charge is 0.445 e. The highest BCUT2D eigenvalue weighted by atomic mass is 19.1. The molecule has 1 aliphatic rings. The highest BCUT2D eigenvalue weighted by molar-refractivity contribution is 6.04. The number of nitrogens with one attached hydrogen (secondary N) is 1. The number of carbonyl (C=O) groups excluding carboxylic acids is 2. The van der Waals surface area contributed by atoms with E-state index in [0.29, 0.717) is 31.9 Å². The molecule has 1 N–H and O–H groups in total. The molecule has 0 bridgehead atoms. The molecule has 1 saturated heterocycles. The lowest BCUT2D eigenvalue weighted by Crippen LogP contribution is -2.49. The lowest BCUT2D eigenvalue weighted by atomic mass is 10.2. The fourth-order valence-corrected chi connectivity index (χ4v) is 3.42. The summed E-state index contributed by atoms with van der Waals surface area (Å²) in [4.78, 5) is 32.7. The van der Waals surface area contributed by atoms with Gasteiger partial charge in [-0.15, -0.1) is 0 Å². The first-order valence-electron chi connectivity index (χ1n) is 10.3. The second kappa shape index (κ2) is 9.91. The molecule has 7 nitrogen and oxygen atoms in total. The Hall–Kier alpha value is -3.94. The van der Waals surface area contributed by atoms with E-state index < -0.39 is 11.7 Å². The van der Waals surface area contributed by atoms with Gasteiger partial charge in [-0.1, -0.05) is 42.5 Å². The highest BCUT2D eigenvalue weighted by Gasteiger charge is 2.23. The Bertz CT molecular complexity index is 1070. The van der Waals surface area contributed by atoms with Crippen LogP contribution < -0.4 is 10.2 Å². The smallest absolute Gasteiger partial charge is 0.410 e. The van der Waals surface area contributed by atoms with Crippen LogP contribution in [0, 0.1) is 5.82 Å². The zero-order chi connectivity index (χ0) is 22.3. The Morgan fingerprint density at radius 3 is 2.34 bits per heavy atom. The standard InChI is InChI=1S/C24H23FN4O3/c25-21-9-5-4-8-20(21)23(30)27-19-10-11-22(26-16-19)28-12-14-29(15-13-28)24(31)32-17-18-6-2-1-3-7-18/h1-11,16H,12-15,17H2,(H,27,30). The summed E-state index contributed by atoms with van der Waals surface area (Å²) in [6.45, 7) is 2.55. The average Bonchev–Trinajstić information content (AvgIpc) is 2.84. The molecule has 0 saturated carbocycles. The summed E-state index contributed by atoms with van der Waals surface area (Å²) in [7, 11) is 0. The lowest BCUT2D eigenvalue weighted by molar-refractivity contribution is 0.0941. The van der Waals surface area contributed by atoms with E-state index in [1.807, 2.05) is 30.3 Å². The number of hydrogen-bond acceptors (Lipinski definition) is 5. The van der Waals surface area contributed by atoms with E-state index in [0.717, 1.165) is 11.4 Å². The summed E-state index contributed by atoms with van der Waals surface area (Å²) in [6.07, 6.45) is 1.21. The van der Waals surface area contributed by atoms with Crippen molar-refractivity contribution in [1.29, 1.82) is 0 Å². The minimum absolute atomic E-state index is 0.0214. The molecule has 0 atom stereocenters. The van der Waals surface area contributed by atoms with Crippen molar-refractivity contribution in [2.75, 3.05) is 36.4 Å². The number of amides is 2. The van der Waals surface area contributed by atoms with Crippen molar-refractivity contribution in [2.45, 2.75) is 6.61 Å². The Labute approximate surface area is 185 Å². The molecule has 3 aromatic rings. The molecule has 0 unspecified atom stereocenters. The molecule has 1 aromatic heterocycles. The van der Waals surface area contributed by atoms with Gasteiger partial charge in [0.25, 0.3) is 5.91 Å². The van der Waals surface area contributed by atoms with Gasteiger partial charge in [0.15, 0.2) is 0 Å². The Kier molecular flexibility index (Phi) is 6.60. The molecule has 8 heteroatoms. The number of benzene rings is 2. The molecule has 164 valence electrons. The summed E-state index contributed by atoms with van der Waals surface area (Å²) in [6, 6.07) is 18.9. The van der Waals surface area contributed by atoms with Gasteiger partial charge in [0.05, 0.1) is 17.4 Å². The number of piperazine rings is 1. The summed E-state index contributed by atoms with van der Waals surface area (Å²) < 4.78 is 19.1. The van der Waals surface area contributed by atoms with Crippen LogP contribution in [0.5, 0.6) is 0 Å². The summed E-state index contributed by atoms with van der Waals surface area (Å²) >= 11 is 0. The number of ether oxygens (including phenoxy) is 1. The number of nitrogens with zero attached hydrogens (tertiary/aromatic N) is 3. The predicted molar refractivity (Wildman–Crippen MR) is 119 cm³/mol. The average molecular weight is 434 g/mol. The maximum atomic E-state index is 13.8. The van der Waals surface area contributed by atoms with E-state index >= 15 is 0 Å². The molecule has 32 heavy (non-hydrogen) atoms. The van der Waals surface area contributed by atoms with E-state index in [2.05, 4.69) is 15.2 Å². The van der Waals surface area contributed by atoms with E-state index in [4.69, 9.17) is 4.74 Å². The van der Waals surface area contributed by atoms with Crippen molar-refractivity contribution < 1.29 is 18.7 Å². The van der Waals surface area contributed by atoms with E-state index in [-0.39, 0.29) is 18.3 Å². The molecule has 0 aliphatic carbocycles. The fourth-order valence-electron chi connectivity index (χ4n) is 3.42. The first-order valence-corrected chi connectivity index (χ1v) is 10.3. The number of carbonyl (C=O) groups is 2. The summed E-state index contributed by atoms with van der Waals surface area (Å²) in [5.74, 6) is -0.360. The third-order valence-corrected chi connectivity index (χ3v) is 5.19. The topological polar surface area (TPSA) is 74.8 Å². The number of aromatic nitrogens is 1. The van der Waals surface area contributed by atoms with E-state index in [1.165, 1.54) is 24.4 Å². The Morgan fingerprint density at radius 2 is 1.66 bits per heavy atom. The quantitative estimate of drug-likeness (QED) is 0.659. The molecule has 0 radical (unpaired) electrons. The second-order valence-electron chi connectivity index (χ2n) is 7.35. The zero-order valence-corrected chi connectivity index (χ0v) is 17.4. The van der Waals surface area contributed by atoms with Gasteiger partial charge < -0.3 is 19.9 Å². The van der Waals surface area contributed by atoms with Gasteiger partial charge in [-0.05, 0) is 29.8 Å². The van der Waals surface area contributed by atoms with Crippen LogP contribution in [-0.2, 0) is 11.3 Å². The van der Waals surface area contributed by atoms with Crippen molar-refractivity contribution in [1.82, 2.24) is 9.88 Å². The van der Waals surface area contributed by atoms with Gasteiger partial charge in [-0.2, -0.15) is 0 Å². The SMILES string of the molecule is O=C(Nc1ccc(N2CCN(C(=O)OCc3ccccc3)CC2)nc1)c1ccccc1F. The number of hydrogen-bond donors (Lipinski definition) is 1. The minimum atomic E-state index is -0.574. The van der Waals surface area contributed by atoms with Gasteiger partial charge in [-0.3, -0.25) is 4.79 Å². The van der Waals surface area contributed by atoms with Gasteiger partial charge in [0.1, 0.15) is 18.2 Å². The molecular weight excluding hydrogens is 411 g/mol. The number of anilines is 2. The molecule has 4 rings (SSSR count). The van der Waals surface area contributed by atoms with Crippen molar-refractivity contribution >= 4 is 23.5 Å². The van der Waals surface area contributed by atoms with E-state index in [9.17, 15) is 14.0 Å². The molecule has 2 heterocycles. The number of rotatable bonds is 5. The summed E-state index contributed by atoms with van der Waals surface area (Å²) in [5.41, 5.74) is 1.41. The van der Waals surface area contributed by atoms with Crippen molar-refractivity contribution in [3.05, 3.63) is 89.9 Å². The number of halogens is 1. The molecule has 1 fully saturated rings. The molecule has 2 amide bonds. The third-order valence-electron chi connectivity index (χ3n) is 5.19. The number of pyridine rings is 1. The normalized spacial score (nSPS) is 13.5. The first kappa shape index (κ1) is 21.3. The van der Waals surface area contributed by atoms with Crippen molar-refractivity contribution in [2.24, 2.45) is 0 Å². The maximum absolute atomic E-state index is 13.8. The zero-order valence-electron chi connectivity index (χ0n) is 17.4.